The predicted octanol–water partition coefficient (Wildman–Crippen LogP) is 3.16. The predicted molar refractivity (Wildman–Crippen MR) is 77.5 cm³/mol. The third kappa shape index (κ3) is 3.48. The van der Waals surface area contributed by atoms with Crippen molar-refractivity contribution in [1.29, 1.82) is 0 Å². The molecule has 1 aliphatic heterocycles. The molecule has 0 saturated carbocycles. The minimum Gasteiger partial charge on any atom is -0.494 e. The summed E-state index contributed by atoms with van der Waals surface area (Å²) in [4.78, 5) is 0. The Hall–Kier alpha value is -1.06. The molecule has 0 aliphatic carbocycles. The lowest BCUT2D eigenvalue weighted by Crippen LogP contribution is -2.29. The Labute approximate surface area is 116 Å². The van der Waals surface area contributed by atoms with Crippen LogP contribution in [0, 0.1) is 5.92 Å². The molecule has 1 aromatic carbocycles. The molecule has 3 heteroatoms. The van der Waals surface area contributed by atoms with E-state index in [1.54, 1.807) is 0 Å². The maximum atomic E-state index is 5.77. The molecule has 1 N–H and O–H groups in total. The summed E-state index contributed by atoms with van der Waals surface area (Å²) in [5.74, 6) is 1.52. The average Bonchev–Trinajstić information content (AvgIpc) is 2.84. The van der Waals surface area contributed by atoms with Gasteiger partial charge in [0, 0.05) is 17.5 Å². The van der Waals surface area contributed by atoms with E-state index in [9.17, 15) is 0 Å². The van der Waals surface area contributed by atoms with Crippen LogP contribution in [0.4, 0.5) is 0 Å². The first-order chi connectivity index (χ1) is 9.26. The average molecular weight is 263 g/mol. The highest BCUT2D eigenvalue weighted by Gasteiger charge is 2.31. The monoisotopic (exact) mass is 263 g/mol. The number of para-hydroxylation sites is 1. The zero-order valence-corrected chi connectivity index (χ0v) is 12.2. The summed E-state index contributed by atoms with van der Waals surface area (Å²) in [5, 5.41) is 3.60. The topological polar surface area (TPSA) is 30.5 Å². The van der Waals surface area contributed by atoms with Gasteiger partial charge in [0.05, 0.1) is 19.3 Å². The molecule has 1 saturated heterocycles. The van der Waals surface area contributed by atoms with Crippen LogP contribution in [0.2, 0.25) is 0 Å². The molecule has 1 heterocycles. The van der Waals surface area contributed by atoms with Crippen LogP contribution in [0.1, 0.15) is 38.8 Å². The van der Waals surface area contributed by atoms with Crippen LogP contribution in [0.15, 0.2) is 24.3 Å². The molecule has 0 bridgehead atoms. The van der Waals surface area contributed by atoms with Gasteiger partial charge in [-0.25, -0.2) is 0 Å². The molecule has 0 amide bonds. The third-order valence-corrected chi connectivity index (χ3v) is 3.68. The number of hydrogen-bond donors (Lipinski definition) is 1. The molecule has 3 unspecified atom stereocenters. The maximum Gasteiger partial charge on any atom is 0.124 e. The van der Waals surface area contributed by atoms with Gasteiger partial charge in [-0.3, -0.25) is 0 Å². The molecule has 3 nitrogen and oxygen atoms in total. The van der Waals surface area contributed by atoms with Crippen molar-refractivity contribution >= 4 is 0 Å². The van der Waals surface area contributed by atoms with Crippen molar-refractivity contribution < 1.29 is 9.47 Å². The number of rotatable bonds is 6. The van der Waals surface area contributed by atoms with E-state index in [0.29, 0.717) is 24.7 Å². The highest BCUT2D eigenvalue weighted by Crippen LogP contribution is 2.35. The molecule has 2 rings (SSSR count). The lowest BCUT2D eigenvalue weighted by molar-refractivity contribution is 0.116. The largest absolute Gasteiger partial charge is 0.494 e. The van der Waals surface area contributed by atoms with Crippen LogP contribution in [0.3, 0.4) is 0 Å². The molecule has 0 spiro atoms. The Kier molecular flexibility index (Phi) is 5.23. The zero-order valence-electron chi connectivity index (χ0n) is 12.2. The minimum atomic E-state index is 0.317. The Balaban J connectivity index is 2.22. The number of nitrogens with one attached hydrogen (secondary N) is 1. The second-order valence-electron chi connectivity index (χ2n) is 5.15. The van der Waals surface area contributed by atoms with E-state index in [1.165, 1.54) is 5.56 Å². The van der Waals surface area contributed by atoms with Crippen LogP contribution in [0.5, 0.6) is 5.75 Å². The Morgan fingerprint density at radius 3 is 2.79 bits per heavy atom. The molecule has 1 aromatic rings. The Morgan fingerprint density at radius 1 is 1.37 bits per heavy atom. The van der Waals surface area contributed by atoms with Crippen LogP contribution in [-0.2, 0) is 4.74 Å². The fraction of sp³-hybridized carbons (Fsp3) is 0.625. The molecule has 3 atom stereocenters. The van der Waals surface area contributed by atoms with Gasteiger partial charge in [-0.1, -0.05) is 25.1 Å². The van der Waals surface area contributed by atoms with Crippen LogP contribution < -0.4 is 10.1 Å². The second-order valence-corrected chi connectivity index (χ2v) is 5.15. The lowest BCUT2D eigenvalue weighted by atomic mass is 9.90. The van der Waals surface area contributed by atoms with Gasteiger partial charge in [-0.15, -0.1) is 0 Å². The fourth-order valence-electron chi connectivity index (χ4n) is 2.86. The van der Waals surface area contributed by atoms with E-state index in [4.69, 9.17) is 9.47 Å². The number of benzene rings is 1. The van der Waals surface area contributed by atoms with Gasteiger partial charge in [-0.05, 0) is 32.9 Å². The first-order valence-electron chi connectivity index (χ1n) is 7.33. The van der Waals surface area contributed by atoms with Crippen molar-refractivity contribution in [2.75, 3.05) is 19.8 Å². The fourth-order valence-corrected chi connectivity index (χ4v) is 2.86. The van der Waals surface area contributed by atoms with E-state index in [0.717, 1.165) is 25.3 Å². The van der Waals surface area contributed by atoms with Crippen LogP contribution in [0.25, 0.3) is 0 Å². The highest BCUT2D eigenvalue weighted by molar-refractivity contribution is 5.36. The maximum absolute atomic E-state index is 5.77. The van der Waals surface area contributed by atoms with E-state index in [1.807, 2.05) is 13.0 Å². The minimum absolute atomic E-state index is 0.317. The van der Waals surface area contributed by atoms with Gasteiger partial charge < -0.3 is 14.8 Å². The van der Waals surface area contributed by atoms with E-state index >= 15 is 0 Å². The molecule has 106 valence electrons. The molecule has 0 aromatic heterocycles. The molecular weight excluding hydrogens is 238 g/mol. The summed E-state index contributed by atoms with van der Waals surface area (Å²) < 4.78 is 11.5. The summed E-state index contributed by atoms with van der Waals surface area (Å²) in [6.45, 7) is 8.81. The first kappa shape index (κ1) is 14.4. The van der Waals surface area contributed by atoms with Crippen LogP contribution in [-0.4, -0.2) is 25.9 Å². The Bertz CT molecular complexity index is 394. The van der Waals surface area contributed by atoms with Gasteiger partial charge in [-0.2, -0.15) is 0 Å². The molecule has 1 fully saturated rings. The van der Waals surface area contributed by atoms with Crippen molar-refractivity contribution in [3.05, 3.63) is 29.8 Å². The summed E-state index contributed by atoms with van der Waals surface area (Å²) in [7, 11) is 0. The second kappa shape index (κ2) is 6.92. The highest BCUT2D eigenvalue weighted by atomic mass is 16.5. The third-order valence-electron chi connectivity index (χ3n) is 3.68. The quantitative estimate of drug-likeness (QED) is 0.855. The van der Waals surface area contributed by atoms with E-state index in [-0.39, 0.29) is 0 Å². The van der Waals surface area contributed by atoms with Crippen LogP contribution >= 0.6 is 0 Å². The zero-order chi connectivity index (χ0) is 13.7. The lowest BCUT2D eigenvalue weighted by Gasteiger charge is -2.25. The standard InChI is InChI=1S/C16H25NO2/c1-4-17-16(13-10-12(3)19-11-13)14-8-6-7-9-15(14)18-5-2/h6-9,12-13,16-17H,4-5,10-11H2,1-3H3. The smallest absolute Gasteiger partial charge is 0.124 e. The summed E-state index contributed by atoms with van der Waals surface area (Å²) >= 11 is 0. The normalized spacial score (nSPS) is 24.4. The van der Waals surface area contributed by atoms with Gasteiger partial charge >= 0.3 is 0 Å². The van der Waals surface area contributed by atoms with Gasteiger partial charge in [0.1, 0.15) is 5.75 Å². The van der Waals surface area contributed by atoms with Gasteiger partial charge in [0.15, 0.2) is 0 Å². The molecule has 19 heavy (non-hydrogen) atoms. The van der Waals surface area contributed by atoms with Crippen molar-refractivity contribution in [2.45, 2.75) is 39.3 Å². The summed E-state index contributed by atoms with van der Waals surface area (Å²) in [5.41, 5.74) is 1.26. The van der Waals surface area contributed by atoms with Gasteiger partial charge in [0.25, 0.3) is 0 Å². The van der Waals surface area contributed by atoms with Gasteiger partial charge in [0.2, 0.25) is 0 Å². The number of hydrogen-bond acceptors (Lipinski definition) is 3. The molecule has 0 radical (unpaired) electrons. The SMILES string of the molecule is CCNC(c1ccccc1OCC)C1COC(C)C1. The molecular formula is C16H25NO2. The first-order valence-corrected chi connectivity index (χ1v) is 7.33. The number of ether oxygens (including phenoxy) is 2. The van der Waals surface area contributed by atoms with Crippen molar-refractivity contribution in [3.8, 4) is 5.75 Å². The van der Waals surface area contributed by atoms with E-state index in [2.05, 4.69) is 37.4 Å². The summed E-state index contributed by atoms with van der Waals surface area (Å²) in [6.07, 6.45) is 1.48. The van der Waals surface area contributed by atoms with E-state index < -0.39 is 0 Å². The molecule has 1 aliphatic rings. The van der Waals surface area contributed by atoms with Crippen molar-refractivity contribution in [1.82, 2.24) is 5.32 Å². The van der Waals surface area contributed by atoms with Crippen molar-refractivity contribution in [2.24, 2.45) is 5.92 Å². The Morgan fingerprint density at radius 2 is 2.16 bits per heavy atom. The summed E-state index contributed by atoms with van der Waals surface area (Å²) in [6, 6.07) is 8.66. The van der Waals surface area contributed by atoms with Crippen molar-refractivity contribution in [3.63, 3.8) is 0 Å².